The van der Waals surface area contributed by atoms with E-state index in [0.29, 0.717) is 12.0 Å². The molecule has 0 aliphatic heterocycles. The lowest BCUT2D eigenvalue weighted by Gasteiger charge is -2.08. The van der Waals surface area contributed by atoms with E-state index >= 15 is 0 Å². The first kappa shape index (κ1) is 11.2. The average molecular weight is 196 g/mol. The van der Waals surface area contributed by atoms with Gasteiger partial charge in [0.25, 0.3) is 0 Å². The van der Waals surface area contributed by atoms with E-state index in [4.69, 9.17) is 5.73 Å². The topological polar surface area (TPSA) is 67.6 Å². The van der Waals surface area contributed by atoms with Crippen molar-refractivity contribution in [2.24, 2.45) is 5.73 Å². The van der Waals surface area contributed by atoms with Crippen molar-refractivity contribution >= 4 is 0 Å². The van der Waals surface area contributed by atoms with Crippen LogP contribution in [0, 0.1) is 6.92 Å². The Morgan fingerprint density at radius 1 is 1.36 bits per heavy atom. The molecule has 0 aliphatic rings. The van der Waals surface area contributed by atoms with Crippen molar-refractivity contribution in [2.45, 2.75) is 52.0 Å². The smallest absolute Gasteiger partial charge is 0.153 e. The van der Waals surface area contributed by atoms with Crippen molar-refractivity contribution in [1.29, 1.82) is 0 Å². The van der Waals surface area contributed by atoms with Gasteiger partial charge in [-0.3, -0.25) is 5.10 Å². The van der Waals surface area contributed by atoms with Crippen LogP contribution in [0.2, 0.25) is 0 Å². The van der Waals surface area contributed by atoms with Crippen molar-refractivity contribution < 1.29 is 0 Å². The maximum absolute atomic E-state index is 5.68. The number of hydrogen-bond donors (Lipinski definition) is 2. The molecule has 4 heteroatoms. The van der Waals surface area contributed by atoms with Crippen LogP contribution in [0.15, 0.2) is 0 Å². The minimum absolute atomic E-state index is 0.302. The van der Waals surface area contributed by atoms with Crippen LogP contribution >= 0.6 is 0 Å². The maximum atomic E-state index is 5.68. The lowest BCUT2D eigenvalue weighted by atomic mass is 10.0. The van der Waals surface area contributed by atoms with Crippen LogP contribution in [-0.4, -0.2) is 21.2 Å². The van der Waals surface area contributed by atoms with Crippen LogP contribution < -0.4 is 5.73 Å². The molecule has 0 aliphatic carbocycles. The second kappa shape index (κ2) is 5.10. The maximum Gasteiger partial charge on any atom is 0.153 e. The molecular formula is C10H20N4. The highest BCUT2D eigenvalue weighted by atomic mass is 15.2. The molecule has 0 saturated heterocycles. The van der Waals surface area contributed by atoms with Crippen LogP contribution in [0.25, 0.3) is 0 Å². The van der Waals surface area contributed by atoms with E-state index in [1.165, 1.54) is 0 Å². The number of H-pyrrole nitrogens is 1. The van der Waals surface area contributed by atoms with Crippen molar-refractivity contribution in [3.63, 3.8) is 0 Å². The van der Waals surface area contributed by atoms with E-state index in [9.17, 15) is 0 Å². The fourth-order valence-corrected chi connectivity index (χ4v) is 1.46. The molecule has 1 heterocycles. The standard InChI is InChI=1S/C10H20N4/c1-7(5-4-6-8(2)11)10-12-9(3)13-14-10/h7-8H,4-6,11H2,1-3H3,(H,12,13,14). The first-order valence-electron chi connectivity index (χ1n) is 5.24. The summed E-state index contributed by atoms with van der Waals surface area (Å²) in [6.45, 7) is 6.12. The summed E-state index contributed by atoms with van der Waals surface area (Å²) in [6.07, 6.45) is 3.33. The van der Waals surface area contributed by atoms with Crippen molar-refractivity contribution in [3.8, 4) is 0 Å². The number of nitrogens with one attached hydrogen (secondary N) is 1. The Labute approximate surface area is 85.3 Å². The molecule has 2 unspecified atom stereocenters. The normalized spacial score (nSPS) is 15.4. The molecule has 0 fully saturated rings. The fraction of sp³-hybridized carbons (Fsp3) is 0.800. The molecule has 0 bridgehead atoms. The Kier molecular flexibility index (Phi) is 4.07. The van der Waals surface area contributed by atoms with Gasteiger partial charge in [-0.05, 0) is 26.7 Å². The lowest BCUT2D eigenvalue weighted by Crippen LogP contribution is -2.14. The van der Waals surface area contributed by atoms with E-state index in [1.54, 1.807) is 0 Å². The van der Waals surface area contributed by atoms with Crippen molar-refractivity contribution in [2.75, 3.05) is 0 Å². The molecule has 80 valence electrons. The summed E-state index contributed by atoms with van der Waals surface area (Å²) < 4.78 is 0. The Balaban J connectivity index is 2.32. The van der Waals surface area contributed by atoms with Crippen molar-refractivity contribution in [1.82, 2.24) is 15.2 Å². The average Bonchev–Trinajstić information content (AvgIpc) is 2.51. The van der Waals surface area contributed by atoms with Gasteiger partial charge in [0.2, 0.25) is 0 Å². The second-order valence-corrected chi connectivity index (χ2v) is 4.09. The van der Waals surface area contributed by atoms with Gasteiger partial charge >= 0.3 is 0 Å². The molecule has 0 spiro atoms. The third-order valence-electron chi connectivity index (χ3n) is 2.35. The minimum atomic E-state index is 0.302. The van der Waals surface area contributed by atoms with Gasteiger partial charge in [-0.25, -0.2) is 4.98 Å². The molecular weight excluding hydrogens is 176 g/mol. The predicted octanol–water partition coefficient (Wildman–Crippen LogP) is 1.73. The van der Waals surface area contributed by atoms with Gasteiger partial charge in [0, 0.05) is 12.0 Å². The molecule has 1 aromatic heterocycles. The molecule has 0 aromatic carbocycles. The van der Waals surface area contributed by atoms with Gasteiger partial charge < -0.3 is 5.73 Å². The summed E-state index contributed by atoms with van der Waals surface area (Å²) in [5, 5.41) is 7.01. The monoisotopic (exact) mass is 196 g/mol. The zero-order chi connectivity index (χ0) is 10.6. The first-order chi connectivity index (χ1) is 6.59. The highest BCUT2D eigenvalue weighted by Gasteiger charge is 2.10. The van der Waals surface area contributed by atoms with Crippen LogP contribution in [0.1, 0.15) is 50.7 Å². The summed E-state index contributed by atoms with van der Waals surface area (Å²) >= 11 is 0. The van der Waals surface area contributed by atoms with E-state index in [2.05, 4.69) is 22.1 Å². The van der Waals surface area contributed by atoms with Crippen LogP contribution in [0.5, 0.6) is 0 Å². The number of aromatic amines is 1. The summed E-state index contributed by atoms with van der Waals surface area (Å²) in [6, 6.07) is 0.302. The van der Waals surface area contributed by atoms with Crippen LogP contribution in [0.3, 0.4) is 0 Å². The third kappa shape index (κ3) is 3.46. The molecule has 0 radical (unpaired) electrons. The van der Waals surface area contributed by atoms with Gasteiger partial charge in [0.1, 0.15) is 5.82 Å². The number of aryl methyl sites for hydroxylation is 1. The SMILES string of the molecule is Cc1nc(C(C)CCCC(C)N)n[nH]1. The fourth-order valence-electron chi connectivity index (χ4n) is 1.46. The Bertz CT molecular complexity index is 267. The quantitative estimate of drug-likeness (QED) is 0.753. The van der Waals surface area contributed by atoms with Crippen molar-refractivity contribution in [3.05, 3.63) is 11.6 Å². The van der Waals surface area contributed by atoms with E-state index in [-0.39, 0.29) is 0 Å². The molecule has 2 atom stereocenters. The lowest BCUT2D eigenvalue weighted by molar-refractivity contribution is 0.544. The first-order valence-corrected chi connectivity index (χ1v) is 5.24. The highest BCUT2D eigenvalue weighted by molar-refractivity contribution is 4.94. The zero-order valence-electron chi connectivity index (χ0n) is 9.25. The Morgan fingerprint density at radius 3 is 2.57 bits per heavy atom. The van der Waals surface area contributed by atoms with E-state index < -0.39 is 0 Å². The largest absolute Gasteiger partial charge is 0.328 e. The molecule has 3 N–H and O–H groups in total. The summed E-state index contributed by atoms with van der Waals surface area (Å²) in [5.74, 6) is 2.24. The summed E-state index contributed by atoms with van der Waals surface area (Å²) in [4.78, 5) is 4.31. The Hall–Kier alpha value is -0.900. The number of nitrogens with zero attached hydrogens (tertiary/aromatic N) is 2. The molecule has 0 amide bonds. The zero-order valence-corrected chi connectivity index (χ0v) is 9.25. The van der Waals surface area contributed by atoms with Gasteiger partial charge in [0.05, 0.1) is 0 Å². The van der Waals surface area contributed by atoms with Gasteiger partial charge in [0.15, 0.2) is 5.82 Å². The van der Waals surface area contributed by atoms with Gasteiger partial charge in [-0.1, -0.05) is 13.3 Å². The number of aromatic nitrogens is 3. The second-order valence-electron chi connectivity index (χ2n) is 4.09. The molecule has 14 heavy (non-hydrogen) atoms. The number of rotatable bonds is 5. The Morgan fingerprint density at radius 2 is 2.07 bits per heavy atom. The molecule has 0 saturated carbocycles. The van der Waals surface area contributed by atoms with Gasteiger partial charge in [-0.2, -0.15) is 5.10 Å². The van der Waals surface area contributed by atoms with Crippen LogP contribution in [-0.2, 0) is 0 Å². The van der Waals surface area contributed by atoms with E-state index in [0.717, 1.165) is 30.9 Å². The predicted molar refractivity (Wildman–Crippen MR) is 57.0 cm³/mol. The molecule has 4 nitrogen and oxygen atoms in total. The molecule has 1 aromatic rings. The third-order valence-corrected chi connectivity index (χ3v) is 2.35. The van der Waals surface area contributed by atoms with Gasteiger partial charge in [-0.15, -0.1) is 0 Å². The molecule has 1 rings (SSSR count). The summed E-state index contributed by atoms with van der Waals surface area (Å²) in [5.41, 5.74) is 5.68. The van der Waals surface area contributed by atoms with E-state index in [1.807, 2.05) is 13.8 Å². The summed E-state index contributed by atoms with van der Waals surface area (Å²) in [7, 11) is 0. The number of nitrogens with two attached hydrogens (primary N) is 1. The van der Waals surface area contributed by atoms with Crippen LogP contribution in [0.4, 0.5) is 0 Å². The number of hydrogen-bond acceptors (Lipinski definition) is 3. The highest BCUT2D eigenvalue weighted by Crippen LogP contribution is 2.17. The minimum Gasteiger partial charge on any atom is -0.328 e.